The molecule has 0 aliphatic carbocycles. The lowest BCUT2D eigenvalue weighted by Gasteiger charge is -2.14. The molecule has 0 bridgehead atoms. The second-order valence-electron chi connectivity index (χ2n) is 3.09. The lowest BCUT2D eigenvalue weighted by Crippen LogP contribution is -2.25. The highest BCUT2D eigenvalue weighted by atomic mass is 127. The number of amides is 1. The summed E-state index contributed by atoms with van der Waals surface area (Å²) >= 11 is 1.87. The van der Waals surface area contributed by atoms with Crippen LogP contribution in [0.5, 0.6) is 0 Å². The summed E-state index contributed by atoms with van der Waals surface area (Å²) in [6.07, 6.45) is 1.36. The van der Waals surface area contributed by atoms with Crippen molar-refractivity contribution in [2.24, 2.45) is 0 Å². The molecule has 2 heterocycles. The third-order valence-electron chi connectivity index (χ3n) is 2.14. The van der Waals surface area contributed by atoms with Gasteiger partial charge in [0.1, 0.15) is 5.82 Å². The lowest BCUT2D eigenvalue weighted by molar-refractivity contribution is -0.117. The second-order valence-corrected chi connectivity index (χ2v) is 4.25. The van der Waals surface area contributed by atoms with Crippen molar-refractivity contribution in [3.8, 4) is 0 Å². The van der Waals surface area contributed by atoms with E-state index in [9.17, 15) is 9.18 Å². The molecule has 2 rings (SSSR count). The Kier molecular flexibility index (Phi) is 2.66. The lowest BCUT2D eigenvalue weighted by atomic mass is 10.4. The van der Waals surface area contributed by atoms with Gasteiger partial charge in [-0.15, -0.1) is 0 Å². The van der Waals surface area contributed by atoms with E-state index >= 15 is 0 Å². The van der Waals surface area contributed by atoms with Gasteiger partial charge in [-0.25, -0.2) is 4.98 Å². The summed E-state index contributed by atoms with van der Waals surface area (Å²) < 4.78 is 13.6. The molecule has 0 spiro atoms. The van der Waals surface area contributed by atoms with Crippen LogP contribution in [0, 0.1) is 9.52 Å². The molecule has 0 atom stereocenters. The highest BCUT2D eigenvalue weighted by molar-refractivity contribution is 14.1. The highest BCUT2D eigenvalue weighted by Crippen LogP contribution is 2.20. The van der Waals surface area contributed by atoms with Crippen LogP contribution in [0.3, 0.4) is 0 Å². The first-order chi connectivity index (χ1) is 6.68. The van der Waals surface area contributed by atoms with Crippen LogP contribution >= 0.6 is 22.6 Å². The van der Waals surface area contributed by atoms with Crippen molar-refractivity contribution < 1.29 is 9.18 Å². The van der Waals surface area contributed by atoms with Crippen molar-refractivity contribution >= 4 is 34.3 Å². The molecule has 1 saturated heterocycles. The van der Waals surface area contributed by atoms with Gasteiger partial charge in [-0.1, -0.05) is 0 Å². The normalized spacial score (nSPS) is 16.4. The topological polar surface area (TPSA) is 33.2 Å². The number of halogens is 2. The van der Waals surface area contributed by atoms with Crippen LogP contribution in [0.2, 0.25) is 0 Å². The van der Waals surface area contributed by atoms with Gasteiger partial charge >= 0.3 is 0 Å². The fourth-order valence-corrected chi connectivity index (χ4v) is 1.75. The maximum Gasteiger partial charge on any atom is 0.228 e. The molecule has 0 aromatic carbocycles. The monoisotopic (exact) mass is 306 g/mol. The minimum absolute atomic E-state index is 0.0260. The third-order valence-corrected chi connectivity index (χ3v) is 2.94. The SMILES string of the molecule is O=C1CCCN1c1ccc(I)c(F)n1. The fraction of sp³-hybridized carbons (Fsp3) is 0.333. The number of hydrogen-bond acceptors (Lipinski definition) is 2. The predicted molar refractivity (Wildman–Crippen MR) is 58.5 cm³/mol. The summed E-state index contributed by atoms with van der Waals surface area (Å²) in [5.41, 5.74) is 0. The van der Waals surface area contributed by atoms with E-state index in [0.717, 1.165) is 6.42 Å². The van der Waals surface area contributed by atoms with Crippen molar-refractivity contribution in [2.75, 3.05) is 11.4 Å². The number of hydrogen-bond donors (Lipinski definition) is 0. The molecule has 14 heavy (non-hydrogen) atoms. The zero-order valence-corrected chi connectivity index (χ0v) is 9.49. The summed E-state index contributed by atoms with van der Waals surface area (Å²) in [5.74, 6) is -0.0636. The van der Waals surface area contributed by atoms with Crippen molar-refractivity contribution in [3.05, 3.63) is 21.7 Å². The summed E-state index contributed by atoms with van der Waals surface area (Å²) in [6.45, 7) is 0.645. The molecule has 1 aliphatic rings. The Morgan fingerprint density at radius 3 is 2.86 bits per heavy atom. The van der Waals surface area contributed by atoms with E-state index in [1.807, 2.05) is 22.6 Å². The highest BCUT2D eigenvalue weighted by Gasteiger charge is 2.23. The van der Waals surface area contributed by atoms with Crippen LogP contribution in [0.4, 0.5) is 10.2 Å². The van der Waals surface area contributed by atoms with Crippen LogP contribution in [0.25, 0.3) is 0 Å². The standard InChI is InChI=1S/C9H8FIN2O/c10-9-6(11)3-4-7(12-9)13-5-1-2-8(13)14/h3-4H,1-2,5H2. The van der Waals surface area contributed by atoms with E-state index in [1.165, 1.54) is 4.90 Å². The van der Waals surface area contributed by atoms with E-state index in [4.69, 9.17) is 0 Å². The number of nitrogens with zero attached hydrogens (tertiary/aromatic N) is 2. The molecule has 0 radical (unpaired) electrons. The summed E-state index contributed by atoms with van der Waals surface area (Å²) in [7, 11) is 0. The van der Waals surface area contributed by atoms with Gasteiger partial charge in [0.2, 0.25) is 11.9 Å². The summed E-state index contributed by atoms with van der Waals surface area (Å²) in [5, 5.41) is 0. The van der Waals surface area contributed by atoms with Gasteiger partial charge in [-0.05, 0) is 41.1 Å². The van der Waals surface area contributed by atoms with E-state index in [2.05, 4.69) is 4.98 Å². The van der Waals surface area contributed by atoms with Crippen LogP contribution in [-0.4, -0.2) is 17.4 Å². The largest absolute Gasteiger partial charge is 0.297 e. The van der Waals surface area contributed by atoms with E-state index < -0.39 is 5.95 Å². The molecule has 1 aromatic heterocycles. The molecule has 74 valence electrons. The van der Waals surface area contributed by atoms with Crippen molar-refractivity contribution in [1.29, 1.82) is 0 Å². The minimum atomic E-state index is -0.511. The minimum Gasteiger partial charge on any atom is -0.297 e. The maximum absolute atomic E-state index is 13.1. The van der Waals surface area contributed by atoms with Gasteiger partial charge in [0.25, 0.3) is 0 Å². The quantitative estimate of drug-likeness (QED) is 0.587. The van der Waals surface area contributed by atoms with Gasteiger partial charge in [0.05, 0.1) is 3.57 Å². The fourth-order valence-electron chi connectivity index (χ4n) is 1.45. The van der Waals surface area contributed by atoms with Gasteiger partial charge in [0, 0.05) is 13.0 Å². The average molecular weight is 306 g/mol. The summed E-state index contributed by atoms with van der Waals surface area (Å²) in [6, 6.07) is 3.30. The van der Waals surface area contributed by atoms with Crippen LogP contribution in [-0.2, 0) is 4.79 Å². The van der Waals surface area contributed by atoms with Gasteiger partial charge in [0.15, 0.2) is 0 Å². The van der Waals surface area contributed by atoms with Gasteiger partial charge in [-0.2, -0.15) is 4.39 Å². The van der Waals surface area contributed by atoms with Crippen molar-refractivity contribution in [1.82, 2.24) is 4.98 Å². The van der Waals surface area contributed by atoms with Crippen molar-refractivity contribution in [3.63, 3.8) is 0 Å². The Morgan fingerprint density at radius 1 is 1.50 bits per heavy atom. The number of aromatic nitrogens is 1. The predicted octanol–water partition coefficient (Wildman–Crippen LogP) is 1.95. The smallest absolute Gasteiger partial charge is 0.228 e. The number of rotatable bonds is 1. The molecular weight excluding hydrogens is 298 g/mol. The molecule has 1 fully saturated rings. The molecule has 1 aliphatic heterocycles. The first-order valence-corrected chi connectivity index (χ1v) is 5.39. The van der Waals surface area contributed by atoms with E-state index in [1.54, 1.807) is 12.1 Å². The van der Waals surface area contributed by atoms with Crippen LogP contribution in [0.15, 0.2) is 12.1 Å². The van der Waals surface area contributed by atoms with Gasteiger partial charge in [-0.3, -0.25) is 9.69 Å². The Bertz CT molecular complexity index is 383. The Morgan fingerprint density at radius 2 is 2.29 bits per heavy atom. The number of carbonyl (C=O) groups is 1. The molecule has 1 aromatic rings. The molecule has 3 nitrogen and oxygen atoms in total. The molecular formula is C9H8FIN2O. The number of anilines is 1. The number of carbonyl (C=O) groups excluding carboxylic acids is 1. The zero-order chi connectivity index (χ0) is 10.1. The first-order valence-electron chi connectivity index (χ1n) is 4.31. The second kappa shape index (κ2) is 3.80. The van der Waals surface area contributed by atoms with E-state index in [-0.39, 0.29) is 5.91 Å². The van der Waals surface area contributed by atoms with Crippen LogP contribution in [0.1, 0.15) is 12.8 Å². The molecule has 0 N–H and O–H groups in total. The summed E-state index contributed by atoms with van der Waals surface area (Å²) in [4.78, 5) is 16.6. The van der Waals surface area contributed by atoms with Crippen molar-refractivity contribution in [2.45, 2.75) is 12.8 Å². The third kappa shape index (κ3) is 1.73. The van der Waals surface area contributed by atoms with Crippen LogP contribution < -0.4 is 4.90 Å². The zero-order valence-electron chi connectivity index (χ0n) is 7.33. The molecule has 5 heteroatoms. The Hall–Kier alpha value is -0.720. The van der Waals surface area contributed by atoms with Gasteiger partial charge < -0.3 is 0 Å². The molecule has 0 saturated carbocycles. The first kappa shape index (κ1) is 9.82. The number of pyridine rings is 1. The Labute approximate surface area is 94.5 Å². The molecule has 0 unspecified atom stereocenters. The maximum atomic E-state index is 13.1. The average Bonchev–Trinajstić information content (AvgIpc) is 2.57. The molecule has 1 amide bonds. The van der Waals surface area contributed by atoms with E-state index in [0.29, 0.717) is 22.4 Å². The Balaban J connectivity index is 2.32.